The highest BCUT2D eigenvalue weighted by atomic mass is 32.2. The molecule has 0 rings (SSSR count). The maximum absolute atomic E-state index is 5.17. The van der Waals surface area contributed by atoms with Crippen molar-refractivity contribution in [3.8, 4) is 0 Å². The highest BCUT2D eigenvalue weighted by Gasteiger charge is 1.90. The average molecular weight is 208 g/mol. The van der Waals surface area contributed by atoms with Gasteiger partial charge in [-0.25, -0.2) is 0 Å². The Bertz CT molecular complexity index is 70.9. The van der Waals surface area contributed by atoms with Crippen LogP contribution in [0.3, 0.4) is 0 Å². The fourth-order valence-corrected chi connectivity index (χ4v) is 1.67. The molecule has 0 aliphatic heterocycles. The third-order valence-electron chi connectivity index (χ3n) is 1.80. The van der Waals surface area contributed by atoms with Gasteiger partial charge in [0.25, 0.3) is 0 Å². The third-order valence-corrected chi connectivity index (χ3v) is 2.61. The van der Waals surface area contributed by atoms with Gasteiger partial charge >= 0.3 is 0 Å². The molecule has 0 saturated carbocycles. The molecule has 0 aliphatic carbocycles. The number of hydrogen-bond donors (Lipinski definition) is 0. The summed E-state index contributed by atoms with van der Waals surface area (Å²) in [5.74, 6) is 0. The summed E-state index contributed by atoms with van der Waals surface area (Å²) in [6.45, 7) is 0.921. The maximum atomic E-state index is 5.17. The van der Waals surface area contributed by atoms with Crippen molar-refractivity contribution in [2.24, 2.45) is 0 Å². The van der Waals surface area contributed by atoms with Gasteiger partial charge < -0.3 is 4.18 Å². The first kappa shape index (κ1) is 12.7. The van der Waals surface area contributed by atoms with Gasteiger partial charge in [0.1, 0.15) is 0 Å². The van der Waals surface area contributed by atoms with E-state index < -0.39 is 0 Å². The van der Waals surface area contributed by atoms with Crippen molar-refractivity contribution in [1.29, 1.82) is 0 Å². The smallest absolute Gasteiger partial charge is 0.0613 e. The van der Waals surface area contributed by atoms with Crippen LogP contribution in [0.25, 0.3) is 0 Å². The molecule has 0 saturated heterocycles. The molecular formula is C9H21OPS. The number of hydrogen-bond acceptors (Lipinski definition) is 2. The largest absolute Gasteiger partial charge is 0.316 e. The Balaban J connectivity index is 2.73. The summed E-state index contributed by atoms with van der Waals surface area (Å²) in [6, 6.07) is 0. The van der Waals surface area contributed by atoms with Crippen LogP contribution >= 0.6 is 21.3 Å². The van der Waals surface area contributed by atoms with Crippen molar-refractivity contribution < 1.29 is 4.18 Å². The van der Waals surface area contributed by atoms with E-state index in [4.69, 9.17) is 4.18 Å². The highest BCUT2D eigenvalue weighted by molar-refractivity contribution is 7.93. The molecule has 0 radical (unpaired) electrons. The average Bonchev–Trinajstić information content (AvgIpc) is 2.10. The van der Waals surface area contributed by atoms with Crippen molar-refractivity contribution in [1.82, 2.24) is 0 Å². The van der Waals surface area contributed by atoms with E-state index in [-0.39, 0.29) is 0 Å². The first-order chi connectivity index (χ1) is 5.91. The zero-order chi connectivity index (χ0) is 9.07. The van der Waals surface area contributed by atoms with E-state index >= 15 is 0 Å². The molecule has 74 valence electrons. The van der Waals surface area contributed by atoms with Crippen molar-refractivity contribution in [3.63, 3.8) is 0 Å². The predicted octanol–water partition coefficient (Wildman–Crippen LogP) is 3.50. The molecule has 12 heavy (non-hydrogen) atoms. The van der Waals surface area contributed by atoms with Crippen LogP contribution in [0.4, 0.5) is 0 Å². The summed E-state index contributed by atoms with van der Waals surface area (Å²) in [6.07, 6.45) is 11.3. The predicted molar refractivity (Wildman–Crippen MR) is 61.7 cm³/mol. The lowest BCUT2D eigenvalue weighted by atomic mass is 10.1. The number of rotatable bonds is 9. The monoisotopic (exact) mass is 208 g/mol. The van der Waals surface area contributed by atoms with E-state index in [1.165, 1.54) is 56.7 Å². The van der Waals surface area contributed by atoms with Gasteiger partial charge in [-0.05, 0) is 31.0 Å². The van der Waals surface area contributed by atoms with Crippen LogP contribution < -0.4 is 0 Å². The summed E-state index contributed by atoms with van der Waals surface area (Å²) in [5, 5.41) is 0. The molecule has 0 aliphatic rings. The van der Waals surface area contributed by atoms with Crippen LogP contribution in [0.15, 0.2) is 0 Å². The zero-order valence-electron chi connectivity index (χ0n) is 8.05. The van der Waals surface area contributed by atoms with Crippen LogP contribution in [-0.4, -0.2) is 19.0 Å². The molecule has 0 fully saturated rings. The van der Waals surface area contributed by atoms with E-state index in [2.05, 4.69) is 9.24 Å². The SMILES string of the molecule is CSOCCCCCCCCP. The second-order valence-electron chi connectivity index (χ2n) is 2.90. The summed E-state index contributed by atoms with van der Waals surface area (Å²) in [4.78, 5) is 0. The lowest BCUT2D eigenvalue weighted by Gasteiger charge is -2.00. The minimum atomic E-state index is 0.921. The van der Waals surface area contributed by atoms with E-state index in [0.29, 0.717) is 0 Å². The maximum Gasteiger partial charge on any atom is 0.0613 e. The van der Waals surface area contributed by atoms with Crippen molar-refractivity contribution in [3.05, 3.63) is 0 Å². The molecule has 0 heterocycles. The van der Waals surface area contributed by atoms with E-state index in [1.807, 2.05) is 6.26 Å². The van der Waals surface area contributed by atoms with Crippen LogP contribution in [0.2, 0.25) is 0 Å². The molecule has 1 nitrogen and oxygen atoms in total. The molecule has 0 N–H and O–H groups in total. The summed E-state index contributed by atoms with van der Waals surface area (Å²) < 4.78 is 5.17. The molecule has 1 unspecified atom stereocenters. The Morgan fingerprint density at radius 3 is 2.17 bits per heavy atom. The Hall–Kier alpha value is 0.740. The molecule has 0 aromatic heterocycles. The first-order valence-electron chi connectivity index (χ1n) is 4.77. The fraction of sp³-hybridized carbons (Fsp3) is 1.00. The van der Waals surface area contributed by atoms with Gasteiger partial charge in [-0.3, -0.25) is 0 Å². The van der Waals surface area contributed by atoms with Gasteiger partial charge in [0.15, 0.2) is 0 Å². The molecule has 0 spiro atoms. The van der Waals surface area contributed by atoms with E-state index in [1.54, 1.807) is 0 Å². The fourth-order valence-electron chi connectivity index (χ4n) is 1.10. The standard InChI is InChI=1S/C9H21OPS/c1-12-10-8-6-4-2-3-5-7-9-11/h2-9,11H2,1H3. The minimum Gasteiger partial charge on any atom is -0.316 e. The molecule has 0 amide bonds. The van der Waals surface area contributed by atoms with Crippen molar-refractivity contribution in [2.75, 3.05) is 19.0 Å². The van der Waals surface area contributed by atoms with Gasteiger partial charge in [0.2, 0.25) is 0 Å². The lowest BCUT2D eigenvalue weighted by molar-refractivity contribution is 0.356. The normalized spacial score (nSPS) is 10.5. The molecule has 0 bridgehead atoms. The minimum absolute atomic E-state index is 0.921. The molecular weight excluding hydrogens is 187 g/mol. The van der Waals surface area contributed by atoms with Gasteiger partial charge in [0.05, 0.1) is 6.61 Å². The summed E-state index contributed by atoms with van der Waals surface area (Å²) >= 11 is 1.47. The van der Waals surface area contributed by atoms with Gasteiger partial charge in [-0.2, -0.15) is 0 Å². The molecule has 1 atom stereocenters. The van der Waals surface area contributed by atoms with Gasteiger partial charge in [0, 0.05) is 6.26 Å². The van der Waals surface area contributed by atoms with Crippen LogP contribution in [0.5, 0.6) is 0 Å². The molecule has 0 aromatic carbocycles. The quantitative estimate of drug-likeness (QED) is 0.326. The van der Waals surface area contributed by atoms with Crippen LogP contribution in [-0.2, 0) is 4.18 Å². The third kappa shape index (κ3) is 10.7. The first-order valence-corrected chi connectivity index (χ1v) is 6.74. The lowest BCUT2D eigenvalue weighted by Crippen LogP contribution is -1.86. The van der Waals surface area contributed by atoms with Gasteiger partial charge in [-0.15, -0.1) is 9.24 Å². The van der Waals surface area contributed by atoms with E-state index in [0.717, 1.165) is 6.61 Å². The Morgan fingerprint density at radius 2 is 1.58 bits per heavy atom. The summed E-state index contributed by atoms with van der Waals surface area (Å²) in [5.41, 5.74) is 0. The zero-order valence-corrected chi connectivity index (χ0v) is 10.0. The Kier molecular flexibility index (Phi) is 12.5. The Labute approximate surface area is 83.4 Å². The van der Waals surface area contributed by atoms with Crippen LogP contribution in [0.1, 0.15) is 38.5 Å². The topological polar surface area (TPSA) is 9.23 Å². The number of unbranched alkanes of at least 4 members (excludes halogenated alkanes) is 5. The van der Waals surface area contributed by atoms with Crippen LogP contribution in [0, 0.1) is 0 Å². The Morgan fingerprint density at radius 1 is 1.00 bits per heavy atom. The molecule has 0 aromatic rings. The highest BCUT2D eigenvalue weighted by Crippen LogP contribution is 2.07. The van der Waals surface area contributed by atoms with Gasteiger partial charge in [-0.1, -0.05) is 25.7 Å². The second-order valence-corrected chi connectivity index (χ2v) is 4.05. The van der Waals surface area contributed by atoms with Crippen molar-refractivity contribution in [2.45, 2.75) is 38.5 Å². The molecule has 3 heteroatoms. The van der Waals surface area contributed by atoms with Crippen molar-refractivity contribution >= 4 is 21.3 Å². The van der Waals surface area contributed by atoms with E-state index in [9.17, 15) is 0 Å². The second kappa shape index (κ2) is 11.7. The summed E-state index contributed by atoms with van der Waals surface area (Å²) in [7, 11) is 2.78.